The van der Waals surface area contributed by atoms with Crippen molar-refractivity contribution in [3.63, 3.8) is 0 Å². The molecule has 1 saturated heterocycles. The smallest absolute Gasteiger partial charge is 0.0594 e. The molecule has 1 heterocycles. The van der Waals surface area contributed by atoms with Crippen LogP contribution in [0.3, 0.4) is 0 Å². The van der Waals surface area contributed by atoms with E-state index in [4.69, 9.17) is 4.74 Å². The van der Waals surface area contributed by atoms with Crippen LogP contribution in [0.5, 0.6) is 0 Å². The van der Waals surface area contributed by atoms with Gasteiger partial charge >= 0.3 is 0 Å². The van der Waals surface area contributed by atoms with Crippen LogP contribution in [-0.4, -0.2) is 37.2 Å². The van der Waals surface area contributed by atoms with Crippen molar-refractivity contribution < 1.29 is 4.74 Å². The Morgan fingerprint density at radius 1 is 1.08 bits per heavy atom. The molecule has 1 fully saturated rings. The van der Waals surface area contributed by atoms with Gasteiger partial charge in [-0.2, -0.15) is 0 Å². The Labute approximate surface area is 73.5 Å². The van der Waals surface area contributed by atoms with Crippen molar-refractivity contribution in [3.05, 3.63) is 24.3 Å². The molecule has 0 N–H and O–H groups in total. The van der Waals surface area contributed by atoms with E-state index in [1.807, 2.05) is 0 Å². The van der Waals surface area contributed by atoms with E-state index in [1.54, 1.807) is 0 Å². The number of nitrogens with zero attached hydrogens (tertiary/aromatic N) is 1. The molecule has 2 rings (SSSR count). The molecule has 12 heavy (non-hydrogen) atoms. The van der Waals surface area contributed by atoms with Gasteiger partial charge in [0, 0.05) is 19.1 Å². The summed E-state index contributed by atoms with van der Waals surface area (Å²) in [5.41, 5.74) is 0. The van der Waals surface area contributed by atoms with Gasteiger partial charge in [-0.25, -0.2) is 0 Å². The van der Waals surface area contributed by atoms with E-state index in [-0.39, 0.29) is 0 Å². The third-order valence-electron chi connectivity index (χ3n) is 2.41. The van der Waals surface area contributed by atoms with Gasteiger partial charge in [0.15, 0.2) is 0 Å². The molecule has 0 aromatic heterocycles. The van der Waals surface area contributed by atoms with E-state index in [0.29, 0.717) is 6.04 Å². The van der Waals surface area contributed by atoms with Crippen LogP contribution >= 0.6 is 0 Å². The monoisotopic (exact) mass is 165 g/mol. The second-order valence-electron chi connectivity index (χ2n) is 3.23. The van der Waals surface area contributed by atoms with Crippen LogP contribution in [0.25, 0.3) is 0 Å². The maximum absolute atomic E-state index is 5.30. The summed E-state index contributed by atoms with van der Waals surface area (Å²) in [5, 5.41) is 0. The maximum Gasteiger partial charge on any atom is 0.0594 e. The Morgan fingerprint density at radius 3 is 2.42 bits per heavy atom. The van der Waals surface area contributed by atoms with Crippen molar-refractivity contribution in [2.24, 2.45) is 0 Å². The molecular formula is C10H15NO. The highest BCUT2D eigenvalue weighted by atomic mass is 16.5. The Hall–Kier alpha value is -0.600. The van der Waals surface area contributed by atoms with Gasteiger partial charge in [0.05, 0.1) is 13.2 Å². The van der Waals surface area contributed by atoms with E-state index in [2.05, 4.69) is 29.2 Å². The first-order chi connectivity index (χ1) is 5.97. The van der Waals surface area contributed by atoms with E-state index >= 15 is 0 Å². The van der Waals surface area contributed by atoms with E-state index in [9.17, 15) is 0 Å². The van der Waals surface area contributed by atoms with E-state index in [1.165, 1.54) is 0 Å². The van der Waals surface area contributed by atoms with Gasteiger partial charge in [-0.1, -0.05) is 24.3 Å². The molecule has 0 saturated carbocycles. The Bertz CT molecular complexity index is 180. The molecule has 0 amide bonds. The molecule has 0 aromatic rings. The minimum absolute atomic E-state index is 0.530. The summed E-state index contributed by atoms with van der Waals surface area (Å²) in [5.74, 6) is 0. The zero-order valence-electron chi connectivity index (χ0n) is 7.28. The predicted molar refractivity (Wildman–Crippen MR) is 49.1 cm³/mol. The number of hydrogen-bond donors (Lipinski definition) is 0. The van der Waals surface area contributed by atoms with Crippen LogP contribution in [0.15, 0.2) is 24.3 Å². The second kappa shape index (κ2) is 3.87. The molecule has 2 aliphatic rings. The quantitative estimate of drug-likeness (QED) is 0.541. The fraction of sp³-hybridized carbons (Fsp3) is 0.600. The standard InChI is InChI=1S/C10H15NO/c1-2-4-10(5-3-1)11-6-8-12-9-7-11/h2-5,10H,1,6-9H2. The number of morpholine rings is 1. The molecule has 0 spiro atoms. The van der Waals surface area contributed by atoms with Crippen LogP contribution in [-0.2, 0) is 4.74 Å². The second-order valence-corrected chi connectivity index (χ2v) is 3.23. The summed E-state index contributed by atoms with van der Waals surface area (Å²) in [4.78, 5) is 2.45. The first-order valence-electron chi connectivity index (χ1n) is 4.62. The third kappa shape index (κ3) is 1.76. The zero-order valence-corrected chi connectivity index (χ0v) is 7.28. The normalized spacial score (nSPS) is 26.3. The first kappa shape index (κ1) is 8.02. The minimum atomic E-state index is 0.530. The van der Waals surface area contributed by atoms with E-state index in [0.717, 1.165) is 32.7 Å². The molecule has 0 atom stereocenters. The van der Waals surface area contributed by atoms with Crippen LogP contribution in [0, 0.1) is 0 Å². The molecule has 66 valence electrons. The summed E-state index contributed by atoms with van der Waals surface area (Å²) < 4.78 is 5.30. The van der Waals surface area contributed by atoms with E-state index < -0.39 is 0 Å². The summed E-state index contributed by atoms with van der Waals surface area (Å²) >= 11 is 0. The predicted octanol–water partition coefficient (Wildman–Crippen LogP) is 1.20. The van der Waals surface area contributed by atoms with Gasteiger partial charge in [0.1, 0.15) is 0 Å². The van der Waals surface area contributed by atoms with Crippen molar-refractivity contribution >= 4 is 0 Å². The van der Waals surface area contributed by atoms with Gasteiger partial charge in [0.2, 0.25) is 0 Å². The van der Waals surface area contributed by atoms with Gasteiger partial charge < -0.3 is 4.74 Å². The number of hydrogen-bond acceptors (Lipinski definition) is 2. The van der Waals surface area contributed by atoms with Crippen molar-refractivity contribution in [1.29, 1.82) is 0 Å². The summed E-state index contributed by atoms with van der Waals surface area (Å²) in [6.45, 7) is 3.91. The molecule has 1 aliphatic heterocycles. The van der Waals surface area contributed by atoms with Crippen molar-refractivity contribution in [2.45, 2.75) is 12.5 Å². The number of rotatable bonds is 1. The number of allylic oxidation sites excluding steroid dienone is 2. The highest BCUT2D eigenvalue weighted by Crippen LogP contribution is 2.11. The lowest BCUT2D eigenvalue weighted by Crippen LogP contribution is -2.42. The molecule has 2 nitrogen and oxygen atoms in total. The summed E-state index contributed by atoms with van der Waals surface area (Å²) in [7, 11) is 0. The highest BCUT2D eigenvalue weighted by molar-refractivity contribution is 5.13. The lowest BCUT2D eigenvalue weighted by molar-refractivity contribution is 0.0328. The molecular weight excluding hydrogens is 150 g/mol. The van der Waals surface area contributed by atoms with Crippen molar-refractivity contribution in [2.75, 3.05) is 26.3 Å². The van der Waals surface area contributed by atoms with Crippen LogP contribution in [0.2, 0.25) is 0 Å². The molecule has 0 radical (unpaired) electrons. The molecule has 0 bridgehead atoms. The van der Waals surface area contributed by atoms with Crippen LogP contribution in [0.1, 0.15) is 6.42 Å². The van der Waals surface area contributed by atoms with Crippen LogP contribution in [0.4, 0.5) is 0 Å². The fourth-order valence-electron chi connectivity index (χ4n) is 1.70. The zero-order chi connectivity index (χ0) is 8.23. The first-order valence-corrected chi connectivity index (χ1v) is 4.62. The SMILES string of the molecule is C1=CC(N2CCOCC2)C=CC1. The summed E-state index contributed by atoms with van der Waals surface area (Å²) in [6.07, 6.45) is 10.1. The molecule has 0 aromatic carbocycles. The number of ether oxygens (including phenoxy) is 1. The minimum Gasteiger partial charge on any atom is -0.379 e. The van der Waals surface area contributed by atoms with Gasteiger partial charge in [-0.15, -0.1) is 0 Å². The van der Waals surface area contributed by atoms with Crippen LogP contribution < -0.4 is 0 Å². The largest absolute Gasteiger partial charge is 0.379 e. The summed E-state index contributed by atoms with van der Waals surface area (Å²) in [6, 6.07) is 0.530. The van der Waals surface area contributed by atoms with Gasteiger partial charge in [0.25, 0.3) is 0 Å². The molecule has 2 heteroatoms. The average Bonchev–Trinajstić information content (AvgIpc) is 2.21. The lowest BCUT2D eigenvalue weighted by Gasteiger charge is -2.31. The Balaban J connectivity index is 1.93. The molecule has 0 unspecified atom stereocenters. The fourth-order valence-corrected chi connectivity index (χ4v) is 1.70. The lowest BCUT2D eigenvalue weighted by atomic mass is 10.1. The Morgan fingerprint density at radius 2 is 1.75 bits per heavy atom. The third-order valence-corrected chi connectivity index (χ3v) is 2.41. The van der Waals surface area contributed by atoms with Crippen molar-refractivity contribution in [3.8, 4) is 0 Å². The van der Waals surface area contributed by atoms with Gasteiger partial charge in [-0.05, 0) is 6.42 Å². The average molecular weight is 165 g/mol. The molecule has 1 aliphatic carbocycles. The maximum atomic E-state index is 5.30. The van der Waals surface area contributed by atoms with Gasteiger partial charge in [-0.3, -0.25) is 4.90 Å². The highest BCUT2D eigenvalue weighted by Gasteiger charge is 2.16. The topological polar surface area (TPSA) is 12.5 Å². The van der Waals surface area contributed by atoms with Crippen molar-refractivity contribution in [1.82, 2.24) is 4.90 Å². The Kier molecular flexibility index (Phi) is 2.59.